The first-order valence-corrected chi connectivity index (χ1v) is 10.1. The predicted octanol–water partition coefficient (Wildman–Crippen LogP) is 3.53. The number of fused-ring (bicyclic) bond motifs is 2. The second-order valence-corrected chi connectivity index (χ2v) is 7.78. The van der Waals surface area contributed by atoms with E-state index in [4.69, 9.17) is 10.1 Å². The van der Waals surface area contributed by atoms with Crippen LogP contribution in [0.3, 0.4) is 0 Å². The maximum atomic E-state index is 4.71. The molecule has 1 aliphatic heterocycles. The zero-order valence-corrected chi connectivity index (χ0v) is 16.6. The van der Waals surface area contributed by atoms with Gasteiger partial charge in [0.1, 0.15) is 0 Å². The largest absolute Gasteiger partial charge is 0.351 e. The van der Waals surface area contributed by atoms with E-state index >= 15 is 0 Å². The molecule has 146 valence electrons. The zero-order valence-electron chi connectivity index (χ0n) is 16.6. The third kappa shape index (κ3) is 3.37. The minimum Gasteiger partial charge on any atom is -0.351 e. The van der Waals surface area contributed by atoms with Gasteiger partial charge in [-0.3, -0.25) is 4.98 Å². The Morgan fingerprint density at radius 1 is 1.24 bits per heavy atom. The lowest BCUT2D eigenvalue weighted by Gasteiger charge is -2.30. The van der Waals surface area contributed by atoms with E-state index < -0.39 is 0 Å². The molecule has 1 aliphatic carbocycles. The number of nitrogens with zero attached hydrogens (tertiary/aromatic N) is 5. The highest BCUT2D eigenvalue weighted by molar-refractivity contribution is 5.83. The van der Waals surface area contributed by atoms with Crippen molar-refractivity contribution in [2.75, 3.05) is 25.5 Å². The van der Waals surface area contributed by atoms with Crippen molar-refractivity contribution in [1.82, 2.24) is 24.5 Å². The van der Waals surface area contributed by atoms with E-state index in [9.17, 15) is 0 Å². The number of nitrogens with one attached hydrogen (secondary N) is 1. The molecule has 1 fully saturated rings. The molecule has 0 atom stereocenters. The fraction of sp³-hybridized carbons (Fsp3) is 0.304. The summed E-state index contributed by atoms with van der Waals surface area (Å²) in [6, 6.07) is 6.19. The summed E-state index contributed by atoms with van der Waals surface area (Å²) >= 11 is 0. The van der Waals surface area contributed by atoms with E-state index in [1.54, 1.807) is 6.20 Å². The number of aromatic nitrogens is 4. The molecule has 4 heterocycles. The third-order valence-electron chi connectivity index (χ3n) is 5.89. The van der Waals surface area contributed by atoms with Crippen molar-refractivity contribution in [1.29, 1.82) is 0 Å². The van der Waals surface area contributed by atoms with Gasteiger partial charge in [-0.05, 0) is 51.2 Å². The molecule has 0 amide bonds. The van der Waals surface area contributed by atoms with Gasteiger partial charge in [0.15, 0.2) is 5.65 Å². The Labute approximate surface area is 170 Å². The molecule has 1 saturated heterocycles. The summed E-state index contributed by atoms with van der Waals surface area (Å²) in [7, 11) is 2.18. The van der Waals surface area contributed by atoms with E-state index in [-0.39, 0.29) is 0 Å². The normalized spacial score (nSPS) is 17.1. The summed E-state index contributed by atoms with van der Waals surface area (Å²) < 4.78 is 1.81. The van der Waals surface area contributed by atoms with Gasteiger partial charge >= 0.3 is 0 Å². The number of allylic oxidation sites excluding steroid dienone is 2. The summed E-state index contributed by atoms with van der Waals surface area (Å²) in [5, 5.41) is 8.25. The minimum atomic E-state index is 0.470. The van der Waals surface area contributed by atoms with Crippen LogP contribution in [0.15, 0.2) is 60.9 Å². The average molecular weight is 384 g/mol. The predicted molar refractivity (Wildman–Crippen MR) is 115 cm³/mol. The summed E-state index contributed by atoms with van der Waals surface area (Å²) in [6.45, 7) is 6.13. The van der Waals surface area contributed by atoms with Gasteiger partial charge in [-0.25, -0.2) is 9.50 Å². The monoisotopic (exact) mass is 384 g/mol. The Bertz CT molecular complexity index is 1140. The van der Waals surface area contributed by atoms with Crippen LogP contribution in [-0.4, -0.2) is 44.6 Å². The number of hydrogen-bond acceptors (Lipinski definition) is 5. The SMILES string of the molecule is C=C=C(Nc1cnc2c(c1)C(c1ccc3nccn3n1)=CC2)C1CCN(C)CC1. The van der Waals surface area contributed by atoms with Crippen molar-refractivity contribution in [2.24, 2.45) is 5.92 Å². The molecule has 0 bridgehead atoms. The molecule has 0 spiro atoms. The molecule has 0 saturated carbocycles. The Balaban J connectivity index is 1.41. The average Bonchev–Trinajstić information content (AvgIpc) is 3.38. The number of likely N-dealkylation sites (tertiary alicyclic amines) is 1. The lowest BCUT2D eigenvalue weighted by Crippen LogP contribution is -2.32. The Hall–Kier alpha value is -3.21. The van der Waals surface area contributed by atoms with E-state index in [1.807, 2.05) is 29.0 Å². The molecule has 29 heavy (non-hydrogen) atoms. The van der Waals surface area contributed by atoms with E-state index in [1.165, 1.54) is 0 Å². The Kier molecular flexibility index (Phi) is 4.51. The first-order chi connectivity index (χ1) is 14.2. The van der Waals surface area contributed by atoms with Crippen LogP contribution < -0.4 is 5.32 Å². The van der Waals surface area contributed by atoms with Crippen molar-refractivity contribution < 1.29 is 0 Å². The van der Waals surface area contributed by atoms with Crippen LogP contribution in [0.2, 0.25) is 0 Å². The molecule has 0 aromatic carbocycles. The fourth-order valence-corrected chi connectivity index (χ4v) is 4.21. The number of rotatable bonds is 4. The van der Waals surface area contributed by atoms with Gasteiger partial charge in [0.2, 0.25) is 0 Å². The first-order valence-electron chi connectivity index (χ1n) is 10.1. The maximum absolute atomic E-state index is 4.71. The molecule has 1 N–H and O–H groups in total. The van der Waals surface area contributed by atoms with Crippen LogP contribution in [0, 0.1) is 5.92 Å². The van der Waals surface area contributed by atoms with Crippen LogP contribution in [0.25, 0.3) is 11.2 Å². The molecular weight excluding hydrogens is 360 g/mol. The van der Waals surface area contributed by atoms with Crippen LogP contribution in [0.1, 0.15) is 29.8 Å². The molecular formula is C23H24N6. The van der Waals surface area contributed by atoms with Gasteiger partial charge in [-0.2, -0.15) is 5.10 Å². The topological polar surface area (TPSA) is 58.4 Å². The molecule has 3 aromatic rings. The van der Waals surface area contributed by atoms with Crippen molar-refractivity contribution in [3.63, 3.8) is 0 Å². The smallest absolute Gasteiger partial charge is 0.153 e. The van der Waals surface area contributed by atoms with E-state index in [0.29, 0.717) is 5.92 Å². The zero-order chi connectivity index (χ0) is 19.8. The number of imidazole rings is 1. The molecule has 0 unspecified atom stereocenters. The van der Waals surface area contributed by atoms with Crippen molar-refractivity contribution in [3.8, 4) is 0 Å². The molecule has 2 aliphatic rings. The van der Waals surface area contributed by atoms with Crippen molar-refractivity contribution in [2.45, 2.75) is 19.3 Å². The Morgan fingerprint density at radius 3 is 2.93 bits per heavy atom. The molecule has 0 radical (unpaired) electrons. The lowest BCUT2D eigenvalue weighted by atomic mass is 9.93. The molecule has 3 aromatic heterocycles. The first kappa shape index (κ1) is 17.9. The summed E-state index contributed by atoms with van der Waals surface area (Å²) in [6.07, 6.45) is 10.8. The van der Waals surface area contributed by atoms with Gasteiger partial charge in [0, 0.05) is 35.9 Å². The number of hydrogen-bond donors (Lipinski definition) is 1. The number of anilines is 1. The molecule has 5 rings (SSSR count). The molecule has 6 heteroatoms. The quantitative estimate of drug-likeness (QED) is 0.698. The highest BCUT2D eigenvalue weighted by atomic mass is 15.2. The van der Waals surface area contributed by atoms with E-state index in [0.717, 1.165) is 71.9 Å². The van der Waals surface area contributed by atoms with Crippen LogP contribution >= 0.6 is 0 Å². The van der Waals surface area contributed by atoms with Gasteiger partial charge in [-0.1, -0.05) is 12.7 Å². The van der Waals surface area contributed by atoms with E-state index in [2.05, 4.69) is 46.7 Å². The second-order valence-electron chi connectivity index (χ2n) is 7.78. The van der Waals surface area contributed by atoms with Crippen molar-refractivity contribution in [3.05, 3.63) is 77.8 Å². The van der Waals surface area contributed by atoms with Gasteiger partial charge < -0.3 is 10.2 Å². The minimum absolute atomic E-state index is 0.470. The third-order valence-corrected chi connectivity index (χ3v) is 5.89. The van der Waals surface area contributed by atoms with Gasteiger partial charge in [0.25, 0.3) is 0 Å². The summed E-state index contributed by atoms with van der Waals surface area (Å²) in [5.41, 5.74) is 10.3. The summed E-state index contributed by atoms with van der Waals surface area (Å²) in [5.74, 6) is 0.470. The van der Waals surface area contributed by atoms with Crippen LogP contribution in [0.4, 0.5) is 5.69 Å². The van der Waals surface area contributed by atoms with Crippen LogP contribution in [-0.2, 0) is 6.42 Å². The number of pyridine rings is 1. The summed E-state index contributed by atoms with van der Waals surface area (Å²) in [4.78, 5) is 11.3. The lowest BCUT2D eigenvalue weighted by molar-refractivity contribution is 0.239. The Morgan fingerprint density at radius 2 is 2.10 bits per heavy atom. The number of piperidine rings is 1. The highest BCUT2D eigenvalue weighted by Gasteiger charge is 2.22. The van der Waals surface area contributed by atoms with Crippen LogP contribution in [0.5, 0.6) is 0 Å². The second kappa shape index (κ2) is 7.32. The van der Waals surface area contributed by atoms with Crippen molar-refractivity contribution >= 4 is 16.9 Å². The van der Waals surface area contributed by atoms with Gasteiger partial charge in [0.05, 0.1) is 29.0 Å². The fourth-order valence-electron chi connectivity index (χ4n) is 4.21. The van der Waals surface area contributed by atoms with Gasteiger partial charge in [-0.15, -0.1) is 5.73 Å². The molecule has 6 nitrogen and oxygen atoms in total. The standard InChI is InChI=1S/C23H24N6/c1-3-20(16-8-11-28(2)12-9-16)26-17-14-19-18(4-5-21(19)25-15-17)22-6-7-23-24-10-13-29(23)27-22/h4,6-7,10,13-16,26H,1,5,8-9,11-12H2,2H3. The maximum Gasteiger partial charge on any atom is 0.153 e. The highest BCUT2D eigenvalue weighted by Crippen LogP contribution is 2.33.